The molecule has 5 N–H and O–H groups in total. The zero-order chi connectivity index (χ0) is 10.0. The molecule has 1 saturated heterocycles. The van der Waals surface area contributed by atoms with E-state index >= 15 is 0 Å². The number of methoxy groups -OCH3 is 1. The summed E-state index contributed by atoms with van der Waals surface area (Å²) in [7, 11) is 1.38. The maximum atomic E-state index is 9.40. The zero-order valence-corrected chi connectivity index (χ0v) is 7.33. The standard InChI is InChI=1S/C7H15NO5/c1-12-7-4(8)6(11)5(10)3(2-9)13-7/h3-7,9-11H,2,8H2,1H3/t3?,4-,5+,6+,7?/m0/s1. The lowest BCUT2D eigenvalue weighted by Gasteiger charge is -2.39. The van der Waals surface area contributed by atoms with Crippen molar-refractivity contribution in [1.82, 2.24) is 0 Å². The van der Waals surface area contributed by atoms with Crippen molar-refractivity contribution in [2.45, 2.75) is 30.6 Å². The fourth-order valence-corrected chi connectivity index (χ4v) is 1.32. The Morgan fingerprint density at radius 2 is 2.00 bits per heavy atom. The summed E-state index contributed by atoms with van der Waals surface area (Å²) < 4.78 is 9.90. The van der Waals surface area contributed by atoms with Gasteiger partial charge in [-0.2, -0.15) is 0 Å². The number of hydrogen-bond donors (Lipinski definition) is 4. The molecule has 1 rings (SSSR count). The fourth-order valence-electron chi connectivity index (χ4n) is 1.32. The monoisotopic (exact) mass is 193 g/mol. The van der Waals surface area contributed by atoms with Crippen LogP contribution in [-0.4, -0.2) is 59.7 Å². The summed E-state index contributed by atoms with van der Waals surface area (Å²) >= 11 is 0. The van der Waals surface area contributed by atoms with E-state index in [-0.39, 0.29) is 6.61 Å². The molecule has 5 atom stereocenters. The van der Waals surface area contributed by atoms with E-state index in [1.165, 1.54) is 7.11 Å². The largest absolute Gasteiger partial charge is 0.394 e. The maximum absolute atomic E-state index is 9.40. The molecule has 0 spiro atoms. The van der Waals surface area contributed by atoms with Crippen LogP contribution in [0.15, 0.2) is 0 Å². The Labute approximate surface area is 75.9 Å². The first-order valence-corrected chi connectivity index (χ1v) is 4.02. The van der Waals surface area contributed by atoms with E-state index in [0.717, 1.165) is 0 Å². The molecule has 1 fully saturated rings. The first-order chi connectivity index (χ1) is 6.11. The minimum Gasteiger partial charge on any atom is -0.394 e. The predicted octanol–water partition coefficient (Wildman–Crippen LogP) is -2.60. The molecule has 6 nitrogen and oxygen atoms in total. The Morgan fingerprint density at radius 1 is 1.38 bits per heavy atom. The lowest BCUT2D eigenvalue weighted by Crippen LogP contribution is -2.62. The average molecular weight is 193 g/mol. The van der Waals surface area contributed by atoms with E-state index in [1.54, 1.807) is 0 Å². The second kappa shape index (κ2) is 4.32. The van der Waals surface area contributed by atoms with E-state index in [4.69, 9.17) is 20.3 Å². The highest BCUT2D eigenvalue weighted by atomic mass is 16.7. The molecule has 13 heavy (non-hydrogen) atoms. The first kappa shape index (κ1) is 10.8. The van der Waals surface area contributed by atoms with Crippen LogP contribution in [-0.2, 0) is 9.47 Å². The van der Waals surface area contributed by atoms with E-state index < -0.39 is 30.6 Å². The van der Waals surface area contributed by atoms with Gasteiger partial charge in [0.2, 0.25) is 0 Å². The Bertz CT molecular complexity index is 147. The third kappa shape index (κ3) is 1.98. The summed E-state index contributed by atoms with van der Waals surface area (Å²) in [4.78, 5) is 0. The normalized spacial score (nSPS) is 46.4. The van der Waals surface area contributed by atoms with Gasteiger partial charge in [-0.1, -0.05) is 0 Å². The van der Waals surface area contributed by atoms with Crippen molar-refractivity contribution in [3.8, 4) is 0 Å². The minimum absolute atomic E-state index is 0.384. The molecule has 0 bridgehead atoms. The topological polar surface area (TPSA) is 105 Å². The molecule has 0 radical (unpaired) electrons. The van der Waals surface area contributed by atoms with Crippen LogP contribution in [0.1, 0.15) is 0 Å². The SMILES string of the molecule is COC1OC(CO)[C@@H](O)[C@H](O)[C@@H]1N. The summed E-state index contributed by atoms with van der Waals surface area (Å²) in [6.45, 7) is -0.384. The number of ether oxygens (including phenoxy) is 2. The third-order valence-electron chi connectivity index (χ3n) is 2.16. The van der Waals surface area contributed by atoms with Crippen LogP contribution in [0.5, 0.6) is 0 Å². The van der Waals surface area contributed by atoms with Crippen LogP contribution in [0.25, 0.3) is 0 Å². The highest BCUT2D eigenvalue weighted by Gasteiger charge is 2.42. The van der Waals surface area contributed by atoms with Gasteiger partial charge in [0.15, 0.2) is 6.29 Å². The molecule has 1 aliphatic rings. The van der Waals surface area contributed by atoms with Crippen LogP contribution < -0.4 is 5.73 Å². The lowest BCUT2D eigenvalue weighted by molar-refractivity contribution is -0.257. The molecule has 0 aromatic rings. The van der Waals surface area contributed by atoms with Crippen molar-refractivity contribution in [2.75, 3.05) is 13.7 Å². The van der Waals surface area contributed by atoms with Gasteiger partial charge in [-0.3, -0.25) is 0 Å². The summed E-state index contributed by atoms with van der Waals surface area (Å²) in [6, 6.07) is -0.803. The molecular weight excluding hydrogens is 178 g/mol. The lowest BCUT2D eigenvalue weighted by atomic mass is 9.98. The van der Waals surface area contributed by atoms with Crippen LogP contribution in [0, 0.1) is 0 Å². The molecule has 0 aromatic carbocycles. The van der Waals surface area contributed by atoms with Gasteiger partial charge in [0.05, 0.1) is 12.6 Å². The van der Waals surface area contributed by atoms with Crippen molar-refractivity contribution < 1.29 is 24.8 Å². The Balaban J connectivity index is 2.66. The van der Waals surface area contributed by atoms with Crippen LogP contribution in [0.4, 0.5) is 0 Å². The third-order valence-corrected chi connectivity index (χ3v) is 2.16. The number of aliphatic hydroxyl groups is 3. The summed E-state index contributed by atoms with van der Waals surface area (Å²) in [6.07, 6.45) is -3.96. The molecule has 1 aliphatic heterocycles. The molecule has 0 aromatic heterocycles. The van der Waals surface area contributed by atoms with Gasteiger partial charge in [0.1, 0.15) is 18.3 Å². The number of rotatable bonds is 2. The van der Waals surface area contributed by atoms with E-state index in [9.17, 15) is 10.2 Å². The van der Waals surface area contributed by atoms with Gasteiger partial charge in [0.25, 0.3) is 0 Å². The quantitative estimate of drug-likeness (QED) is 0.383. The molecule has 6 heteroatoms. The van der Waals surface area contributed by atoms with Gasteiger partial charge in [-0.05, 0) is 0 Å². The highest BCUT2D eigenvalue weighted by Crippen LogP contribution is 2.19. The summed E-state index contributed by atoms with van der Waals surface area (Å²) in [5.74, 6) is 0. The van der Waals surface area contributed by atoms with Crippen LogP contribution in [0.3, 0.4) is 0 Å². The van der Waals surface area contributed by atoms with Gasteiger partial charge in [0, 0.05) is 7.11 Å². The molecule has 0 amide bonds. The molecular formula is C7H15NO5. The number of aliphatic hydroxyl groups excluding tert-OH is 3. The van der Waals surface area contributed by atoms with Gasteiger partial charge < -0.3 is 30.5 Å². The van der Waals surface area contributed by atoms with E-state index in [0.29, 0.717) is 0 Å². The van der Waals surface area contributed by atoms with Crippen LogP contribution >= 0.6 is 0 Å². The van der Waals surface area contributed by atoms with Crippen molar-refractivity contribution in [3.63, 3.8) is 0 Å². The van der Waals surface area contributed by atoms with E-state index in [1.807, 2.05) is 0 Å². The van der Waals surface area contributed by atoms with Crippen molar-refractivity contribution >= 4 is 0 Å². The molecule has 78 valence electrons. The highest BCUT2D eigenvalue weighted by molar-refractivity contribution is 4.91. The molecule has 0 aliphatic carbocycles. The van der Waals surface area contributed by atoms with Gasteiger partial charge in [-0.15, -0.1) is 0 Å². The predicted molar refractivity (Wildman–Crippen MR) is 42.7 cm³/mol. The average Bonchev–Trinajstić information content (AvgIpc) is 2.15. The summed E-state index contributed by atoms with van der Waals surface area (Å²) in [5.41, 5.74) is 5.50. The van der Waals surface area contributed by atoms with Crippen molar-refractivity contribution in [1.29, 1.82) is 0 Å². The number of nitrogens with two attached hydrogens (primary N) is 1. The first-order valence-electron chi connectivity index (χ1n) is 4.02. The van der Waals surface area contributed by atoms with E-state index in [2.05, 4.69) is 0 Å². The van der Waals surface area contributed by atoms with Gasteiger partial charge >= 0.3 is 0 Å². The molecule has 2 unspecified atom stereocenters. The zero-order valence-electron chi connectivity index (χ0n) is 7.33. The Morgan fingerprint density at radius 3 is 2.46 bits per heavy atom. The second-order valence-electron chi connectivity index (χ2n) is 3.02. The van der Waals surface area contributed by atoms with Crippen LogP contribution in [0.2, 0.25) is 0 Å². The molecule has 1 heterocycles. The number of hydrogen-bond acceptors (Lipinski definition) is 6. The Kier molecular flexibility index (Phi) is 3.60. The van der Waals surface area contributed by atoms with Crippen molar-refractivity contribution in [2.24, 2.45) is 5.73 Å². The van der Waals surface area contributed by atoms with Crippen molar-refractivity contribution in [3.05, 3.63) is 0 Å². The Hall–Kier alpha value is -0.240. The second-order valence-corrected chi connectivity index (χ2v) is 3.02. The van der Waals surface area contributed by atoms with Gasteiger partial charge in [-0.25, -0.2) is 0 Å². The molecule has 0 saturated carbocycles. The smallest absolute Gasteiger partial charge is 0.175 e. The maximum Gasteiger partial charge on any atom is 0.175 e. The minimum atomic E-state index is -1.17. The fraction of sp³-hybridized carbons (Fsp3) is 1.00. The summed E-state index contributed by atoms with van der Waals surface area (Å²) in [5, 5.41) is 27.5.